The lowest BCUT2D eigenvalue weighted by atomic mass is 9.88. The summed E-state index contributed by atoms with van der Waals surface area (Å²) in [6, 6.07) is 13.4. The van der Waals surface area contributed by atoms with Crippen molar-refractivity contribution in [2.45, 2.75) is 62.6 Å². The van der Waals surface area contributed by atoms with Gasteiger partial charge in [0.2, 0.25) is 0 Å². The van der Waals surface area contributed by atoms with E-state index in [2.05, 4.69) is 24.5 Å². The summed E-state index contributed by atoms with van der Waals surface area (Å²) in [6.45, 7) is 4.64. The zero-order chi connectivity index (χ0) is 25.7. The zero-order valence-electron chi connectivity index (χ0n) is 20.7. The van der Waals surface area contributed by atoms with Crippen LogP contribution in [0.15, 0.2) is 47.4 Å². The molecule has 3 rings (SSSR count). The number of hydrogen-bond donors (Lipinski definition) is 6. The number of fused-ring (bicyclic) bond motifs is 1. The maximum absolute atomic E-state index is 11.5. The molecule has 0 aliphatic carbocycles. The SMILES string of the molecule is CCCC[C@]1(CC)CS(O)(O)c2cc(CNCCP(=O)(O)O)c(OC)cc2[C@@H](c2ccccc2)N1. The summed E-state index contributed by atoms with van der Waals surface area (Å²) in [5, 5.41) is 6.86. The van der Waals surface area contributed by atoms with E-state index < -0.39 is 23.7 Å². The van der Waals surface area contributed by atoms with E-state index in [1.807, 2.05) is 36.4 Å². The van der Waals surface area contributed by atoms with Crippen LogP contribution in [-0.4, -0.2) is 50.0 Å². The van der Waals surface area contributed by atoms with Crippen molar-refractivity contribution in [3.63, 3.8) is 0 Å². The van der Waals surface area contributed by atoms with E-state index in [9.17, 15) is 13.7 Å². The Hall–Kier alpha value is -1.42. The summed E-state index contributed by atoms with van der Waals surface area (Å²) in [4.78, 5) is 18.7. The van der Waals surface area contributed by atoms with Crippen LogP contribution < -0.4 is 15.4 Å². The van der Waals surface area contributed by atoms with Crippen LogP contribution >= 0.6 is 18.2 Å². The van der Waals surface area contributed by atoms with Crippen molar-refractivity contribution in [1.29, 1.82) is 0 Å². The van der Waals surface area contributed by atoms with Crippen molar-refractivity contribution < 1.29 is 28.2 Å². The molecule has 35 heavy (non-hydrogen) atoms. The molecule has 0 spiro atoms. The molecule has 1 aliphatic rings. The van der Waals surface area contributed by atoms with Gasteiger partial charge in [-0.1, -0.05) is 57.0 Å². The van der Waals surface area contributed by atoms with Crippen LogP contribution in [0.2, 0.25) is 0 Å². The lowest BCUT2D eigenvalue weighted by molar-refractivity contribution is 0.290. The molecule has 0 saturated carbocycles. The van der Waals surface area contributed by atoms with E-state index in [0.29, 0.717) is 16.2 Å². The van der Waals surface area contributed by atoms with Crippen molar-refractivity contribution >= 4 is 18.2 Å². The number of ether oxygens (including phenoxy) is 1. The highest BCUT2D eigenvalue weighted by molar-refractivity contribution is 8.24. The second-order valence-electron chi connectivity index (χ2n) is 9.30. The maximum Gasteiger partial charge on any atom is 0.326 e. The Morgan fingerprint density at radius 1 is 1.20 bits per heavy atom. The number of methoxy groups -OCH3 is 1. The first-order valence-electron chi connectivity index (χ1n) is 12.1. The minimum atomic E-state index is -4.10. The van der Waals surface area contributed by atoms with Crippen molar-refractivity contribution in [2.24, 2.45) is 0 Å². The van der Waals surface area contributed by atoms with Gasteiger partial charge in [0.1, 0.15) is 5.75 Å². The van der Waals surface area contributed by atoms with Gasteiger partial charge in [0.15, 0.2) is 0 Å². The minimum Gasteiger partial charge on any atom is -0.496 e. The van der Waals surface area contributed by atoms with E-state index in [4.69, 9.17) is 14.5 Å². The number of nitrogens with one attached hydrogen (secondary N) is 2. The van der Waals surface area contributed by atoms with Gasteiger partial charge in [0, 0.05) is 29.8 Å². The fraction of sp³-hybridized carbons (Fsp3) is 0.520. The van der Waals surface area contributed by atoms with Crippen molar-refractivity contribution in [3.05, 3.63) is 59.2 Å². The number of hydrogen-bond acceptors (Lipinski definition) is 6. The van der Waals surface area contributed by atoms with Gasteiger partial charge in [0.05, 0.1) is 30.0 Å². The molecule has 1 aliphatic heterocycles. The first-order chi connectivity index (χ1) is 16.5. The molecule has 0 saturated heterocycles. The molecular formula is C25H39N2O6PS. The summed E-state index contributed by atoms with van der Waals surface area (Å²) in [5.74, 6) is 0.812. The van der Waals surface area contributed by atoms with Crippen LogP contribution in [0.4, 0.5) is 0 Å². The Labute approximate surface area is 210 Å². The van der Waals surface area contributed by atoms with Gasteiger partial charge in [-0.2, -0.15) is 10.6 Å². The summed E-state index contributed by atoms with van der Waals surface area (Å²) in [6.07, 6.45) is 3.32. The normalized spacial score (nSPS) is 22.8. The predicted molar refractivity (Wildman–Crippen MR) is 142 cm³/mol. The molecule has 0 aromatic heterocycles. The average molecular weight is 527 g/mol. The fourth-order valence-corrected chi connectivity index (χ4v) is 7.43. The second kappa shape index (κ2) is 11.8. The molecule has 0 fully saturated rings. The van der Waals surface area contributed by atoms with E-state index in [-0.39, 0.29) is 31.0 Å². The van der Waals surface area contributed by atoms with Gasteiger partial charge in [-0.05, 0) is 30.5 Å². The number of benzene rings is 2. The third kappa shape index (κ3) is 7.08. The van der Waals surface area contributed by atoms with Crippen molar-refractivity contribution in [1.82, 2.24) is 10.6 Å². The Balaban J connectivity index is 2.08. The molecule has 8 nitrogen and oxygen atoms in total. The Morgan fingerprint density at radius 2 is 1.91 bits per heavy atom. The lowest BCUT2D eigenvalue weighted by Gasteiger charge is -2.42. The van der Waals surface area contributed by atoms with Gasteiger partial charge >= 0.3 is 7.60 Å². The molecule has 0 unspecified atom stereocenters. The molecule has 6 N–H and O–H groups in total. The molecule has 2 aromatic carbocycles. The molecule has 0 amide bonds. The van der Waals surface area contributed by atoms with E-state index in [0.717, 1.165) is 36.8 Å². The monoisotopic (exact) mass is 526 g/mol. The van der Waals surface area contributed by atoms with Crippen LogP contribution in [-0.2, 0) is 11.1 Å². The number of unbranched alkanes of at least 4 members (excludes halogenated alkanes) is 1. The van der Waals surface area contributed by atoms with Crippen molar-refractivity contribution in [3.8, 4) is 5.75 Å². The highest BCUT2D eigenvalue weighted by atomic mass is 32.3. The maximum atomic E-state index is 11.5. The van der Waals surface area contributed by atoms with Gasteiger partial charge < -0.3 is 19.8 Å². The van der Waals surface area contributed by atoms with E-state index >= 15 is 0 Å². The molecule has 0 bridgehead atoms. The Bertz CT molecular complexity index is 1030. The fourth-order valence-electron chi connectivity index (χ4n) is 4.74. The van der Waals surface area contributed by atoms with Crippen molar-refractivity contribution in [2.75, 3.05) is 25.6 Å². The average Bonchev–Trinajstić information content (AvgIpc) is 2.92. The summed E-state index contributed by atoms with van der Waals surface area (Å²) in [7, 11) is -5.67. The highest BCUT2D eigenvalue weighted by Gasteiger charge is 2.42. The standard InChI is InChI=1S/C25H39N2O6PS/c1-4-6-12-25(5-2)18-35(31,32)23-15-20(17-26-13-14-34(28,29)30)22(33-3)16-21(23)24(27-25)19-10-8-7-9-11-19/h7-11,15-16,24,26-27,31-32H,4-6,12-14,17-18H2,1-3H3,(H2,28,29,30)/t24-,25-/m1/s1. The van der Waals surface area contributed by atoms with Crippen LogP contribution in [0.5, 0.6) is 5.75 Å². The third-order valence-electron chi connectivity index (χ3n) is 6.72. The van der Waals surface area contributed by atoms with Gasteiger partial charge in [0.25, 0.3) is 0 Å². The van der Waals surface area contributed by atoms with Gasteiger partial charge in [-0.3, -0.25) is 19.0 Å². The first kappa shape index (κ1) is 28.2. The first-order valence-corrected chi connectivity index (χ1v) is 15.6. The summed E-state index contributed by atoms with van der Waals surface area (Å²) < 4.78 is 39.9. The van der Waals surface area contributed by atoms with Crippen LogP contribution in [0.25, 0.3) is 0 Å². The van der Waals surface area contributed by atoms with Gasteiger partial charge in [-0.25, -0.2) is 0 Å². The number of rotatable bonds is 11. The lowest BCUT2D eigenvalue weighted by Crippen LogP contribution is -2.49. The van der Waals surface area contributed by atoms with Crippen LogP contribution in [0.3, 0.4) is 0 Å². The van der Waals surface area contributed by atoms with Gasteiger partial charge in [-0.15, -0.1) is 0 Å². The third-order valence-corrected chi connectivity index (χ3v) is 9.54. The van der Waals surface area contributed by atoms with Crippen LogP contribution in [0.1, 0.15) is 62.3 Å². The smallest absolute Gasteiger partial charge is 0.326 e. The molecule has 2 aromatic rings. The largest absolute Gasteiger partial charge is 0.496 e. The zero-order valence-corrected chi connectivity index (χ0v) is 22.4. The minimum absolute atomic E-state index is 0.130. The molecule has 2 atom stereocenters. The molecule has 10 heteroatoms. The molecule has 1 heterocycles. The van der Waals surface area contributed by atoms with E-state index in [1.165, 1.54) is 0 Å². The van der Waals surface area contributed by atoms with E-state index in [1.54, 1.807) is 13.2 Å². The Morgan fingerprint density at radius 3 is 2.51 bits per heavy atom. The topological polar surface area (TPSA) is 131 Å². The highest BCUT2D eigenvalue weighted by Crippen LogP contribution is 2.58. The van der Waals surface area contributed by atoms with Crippen LogP contribution in [0, 0.1) is 0 Å². The molecule has 0 radical (unpaired) electrons. The Kier molecular flexibility index (Phi) is 9.45. The quantitative estimate of drug-likeness (QED) is 0.176. The summed E-state index contributed by atoms with van der Waals surface area (Å²) >= 11 is 0. The predicted octanol–water partition coefficient (Wildman–Crippen LogP) is 5.10. The molecule has 196 valence electrons. The second-order valence-corrected chi connectivity index (χ2v) is 13.1. The molecular weight excluding hydrogens is 487 g/mol. The summed E-state index contributed by atoms with van der Waals surface area (Å²) in [5.41, 5.74) is 2.08.